The molecule has 0 atom stereocenters. The van der Waals surface area contributed by atoms with Crippen LogP contribution in [-0.2, 0) is 19.5 Å². The predicted molar refractivity (Wildman–Crippen MR) is 109 cm³/mol. The lowest BCUT2D eigenvalue weighted by atomic mass is 10.1. The van der Waals surface area contributed by atoms with Crippen molar-refractivity contribution in [3.8, 4) is 6.07 Å². The molecule has 0 fully saturated rings. The van der Waals surface area contributed by atoms with E-state index in [4.69, 9.17) is 16.9 Å². The molecule has 0 aliphatic carbocycles. The molecule has 4 nitrogen and oxygen atoms in total. The molecule has 0 spiro atoms. The Bertz CT molecular complexity index is 1150. The van der Waals surface area contributed by atoms with Crippen molar-refractivity contribution in [1.82, 2.24) is 4.57 Å². The highest BCUT2D eigenvalue weighted by Crippen LogP contribution is 2.21. The molecule has 0 bridgehead atoms. The van der Waals surface area contributed by atoms with E-state index in [1.54, 1.807) is 13.0 Å². The molecular formula is C22H18ClF2N3O. The second-order valence-electron chi connectivity index (χ2n) is 6.65. The van der Waals surface area contributed by atoms with Gasteiger partial charge in [0.15, 0.2) is 0 Å². The molecule has 0 aliphatic heterocycles. The summed E-state index contributed by atoms with van der Waals surface area (Å²) >= 11 is 6.26. The number of aryl methyl sites for hydroxylation is 1. The predicted octanol–water partition coefficient (Wildman–Crippen LogP) is 4.81. The first-order valence-corrected chi connectivity index (χ1v) is 9.29. The quantitative estimate of drug-likeness (QED) is 0.630. The lowest BCUT2D eigenvalue weighted by molar-refractivity contribution is 0.574. The fraction of sp³-hybridized carbons (Fsp3) is 0.182. The van der Waals surface area contributed by atoms with Gasteiger partial charge in [-0.25, -0.2) is 8.78 Å². The van der Waals surface area contributed by atoms with Crippen LogP contribution in [0.1, 0.15) is 22.4 Å². The molecule has 0 radical (unpaired) electrons. The molecule has 3 aromatic rings. The Morgan fingerprint density at radius 2 is 1.90 bits per heavy atom. The minimum Gasteiger partial charge on any atom is -0.379 e. The maximum absolute atomic E-state index is 13.8. The monoisotopic (exact) mass is 413 g/mol. The van der Waals surface area contributed by atoms with Crippen molar-refractivity contribution >= 4 is 17.3 Å². The third-order valence-corrected chi connectivity index (χ3v) is 4.91. The highest BCUT2D eigenvalue weighted by Gasteiger charge is 2.13. The number of halogens is 3. The summed E-state index contributed by atoms with van der Waals surface area (Å²) in [6, 6.07) is 14.6. The highest BCUT2D eigenvalue weighted by molar-refractivity contribution is 6.33. The normalized spacial score (nSPS) is 10.6. The molecule has 2 aromatic carbocycles. The first-order valence-electron chi connectivity index (χ1n) is 8.91. The summed E-state index contributed by atoms with van der Waals surface area (Å²) in [4.78, 5) is 12.8. The van der Waals surface area contributed by atoms with Gasteiger partial charge in [-0.3, -0.25) is 4.79 Å². The van der Waals surface area contributed by atoms with Gasteiger partial charge in [-0.15, -0.1) is 0 Å². The average Bonchev–Trinajstić information content (AvgIpc) is 2.69. The number of aromatic nitrogens is 1. The van der Waals surface area contributed by atoms with Gasteiger partial charge in [0.1, 0.15) is 16.7 Å². The molecule has 7 heteroatoms. The largest absolute Gasteiger partial charge is 0.379 e. The first kappa shape index (κ1) is 20.6. The summed E-state index contributed by atoms with van der Waals surface area (Å²) in [5.41, 5.74) is 2.70. The van der Waals surface area contributed by atoms with Gasteiger partial charge in [0, 0.05) is 23.9 Å². The Morgan fingerprint density at radius 3 is 2.62 bits per heavy atom. The molecule has 0 aliphatic rings. The maximum Gasteiger partial charge on any atom is 0.271 e. The number of pyridine rings is 1. The van der Waals surface area contributed by atoms with Crippen molar-refractivity contribution in [2.75, 3.05) is 5.32 Å². The summed E-state index contributed by atoms with van der Waals surface area (Å²) in [6.07, 6.45) is 0.297. The van der Waals surface area contributed by atoms with E-state index in [1.165, 1.54) is 16.7 Å². The molecule has 0 saturated carbocycles. The van der Waals surface area contributed by atoms with Crippen LogP contribution in [-0.4, -0.2) is 4.57 Å². The number of rotatable bonds is 6. The zero-order valence-electron chi connectivity index (χ0n) is 15.7. The van der Waals surface area contributed by atoms with Crippen molar-refractivity contribution in [2.45, 2.75) is 26.4 Å². The minimum atomic E-state index is -0.670. The SMILES string of the molecule is Cc1cc(NCc2ccc(F)cc2F)c(Cl)c(=O)n1Cc1cccc(CC#N)c1. The second kappa shape index (κ2) is 8.89. The molecule has 3 rings (SSSR count). The third-order valence-electron chi connectivity index (χ3n) is 4.55. The smallest absolute Gasteiger partial charge is 0.271 e. The van der Waals surface area contributed by atoms with E-state index in [1.807, 2.05) is 24.3 Å². The Kier molecular flexibility index (Phi) is 6.30. The number of benzene rings is 2. The van der Waals surface area contributed by atoms with E-state index >= 15 is 0 Å². The van der Waals surface area contributed by atoms with Crippen LogP contribution in [0.4, 0.5) is 14.5 Å². The van der Waals surface area contributed by atoms with Gasteiger partial charge in [-0.05, 0) is 30.2 Å². The van der Waals surface area contributed by atoms with Crippen LogP contribution in [0, 0.1) is 29.9 Å². The number of anilines is 1. The van der Waals surface area contributed by atoms with E-state index in [0.29, 0.717) is 24.3 Å². The van der Waals surface area contributed by atoms with Gasteiger partial charge >= 0.3 is 0 Å². The molecule has 0 saturated heterocycles. The van der Waals surface area contributed by atoms with Crippen molar-refractivity contribution < 1.29 is 8.78 Å². The zero-order chi connectivity index (χ0) is 21.0. The standard InChI is InChI=1S/C22H18ClF2N3O/c1-14-9-20(27-12-17-5-6-18(24)11-19(17)25)21(23)22(29)28(14)13-16-4-2-3-15(10-16)7-8-26/h2-6,9-11,27H,7,12-13H2,1H3. The van der Waals surface area contributed by atoms with E-state index < -0.39 is 11.6 Å². The molecule has 1 heterocycles. The second-order valence-corrected chi connectivity index (χ2v) is 7.03. The summed E-state index contributed by atoms with van der Waals surface area (Å²) in [5.74, 6) is -1.32. The van der Waals surface area contributed by atoms with Crippen LogP contribution in [0.3, 0.4) is 0 Å². The average molecular weight is 414 g/mol. The lowest BCUT2D eigenvalue weighted by Crippen LogP contribution is -2.24. The van der Waals surface area contributed by atoms with Gasteiger partial charge in [-0.1, -0.05) is 41.9 Å². The van der Waals surface area contributed by atoms with Crippen LogP contribution in [0.2, 0.25) is 5.02 Å². The van der Waals surface area contributed by atoms with E-state index in [0.717, 1.165) is 17.2 Å². The van der Waals surface area contributed by atoms with E-state index in [-0.39, 0.29) is 22.7 Å². The van der Waals surface area contributed by atoms with E-state index in [2.05, 4.69) is 11.4 Å². The van der Waals surface area contributed by atoms with Gasteiger partial charge in [0.05, 0.1) is 24.7 Å². The summed E-state index contributed by atoms with van der Waals surface area (Å²) in [7, 11) is 0. The van der Waals surface area contributed by atoms with Gasteiger partial charge in [0.2, 0.25) is 0 Å². The molecule has 1 aromatic heterocycles. The Balaban J connectivity index is 1.83. The number of nitriles is 1. The van der Waals surface area contributed by atoms with E-state index in [9.17, 15) is 13.6 Å². The van der Waals surface area contributed by atoms with Crippen LogP contribution in [0.15, 0.2) is 53.3 Å². The van der Waals surface area contributed by atoms with Gasteiger partial charge in [0.25, 0.3) is 5.56 Å². The van der Waals surface area contributed by atoms with Crippen molar-refractivity contribution in [3.05, 3.63) is 97.9 Å². The molecule has 1 N–H and O–H groups in total. The number of hydrogen-bond donors (Lipinski definition) is 1. The Labute approximate surface area is 172 Å². The van der Waals surface area contributed by atoms with Crippen LogP contribution in [0.5, 0.6) is 0 Å². The minimum absolute atomic E-state index is 0.00806. The molecular weight excluding hydrogens is 396 g/mol. The fourth-order valence-corrected chi connectivity index (χ4v) is 3.26. The van der Waals surface area contributed by atoms with Crippen molar-refractivity contribution in [1.29, 1.82) is 5.26 Å². The Morgan fingerprint density at radius 1 is 1.14 bits per heavy atom. The van der Waals surface area contributed by atoms with Crippen molar-refractivity contribution in [2.24, 2.45) is 0 Å². The molecule has 0 unspecified atom stereocenters. The molecule has 0 amide bonds. The maximum atomic E-state index is 13.8. The first-order chi connectivity index (χ1) is 13.9. The van der Waals surface area contributed by atoms with Crippen LogP contribution >= 0.6 is 11.6 Å². The Hall–Kier alpha value is -3.17. The van der Waals surface area contributed by atoms with Crippen LogP contribution < -0.4 is 10.9 Å². The summed E-state index contributed by atoms with van der Waals surface area (Å²) in [6.45, 7) is 2.15. The number of nitrogens with zero attached hydrogens (tertiary/aromatic N) is 2. The highest BCUT2D eigenvalue weighted by atomic mass is 35.5. The van der Waals surface area contributed by atoms with Gasteiger partial charge in [-0.2, -0.15) is 5.26 Å². The summed E-state index contributed by atoms with van der Waals surface area (Å²) < 4.78 is 28.4. The topological polar surface area (TPSA) is 57.8 Å². The fourth-order valence-electron chi connectivity index (χ4n) is 3.04. The summed E-state index contributed by atoms with van der Waals surface area (Å²) in [5, 5.41) is 11.8. The van der Waals surface area contributed by atoms with Gasteiger partial charge < -0.3 is 9.88 Å². The third kappa shape index (κ3) is 4.82. The van der Waals surface area contributed by atoms with Crippen LogP contribution in [0.25, 0.3) is 0 Å². The lowest BCUT2D eigenvalue weighted by Gasteiger charge is -2.15. The molecule has 29 heavy (non-hydrogen) atoms. The van der Waals surface area contributed by atoms with Crippen molar-refractivity contribution in [3.63, 3.8) is 0 Å². The number of nitrogens with one attached hydrogen (secondary N) is 1. The number of hydrogen-bond acceptors (Lipinski definition) is 3. The molecule has 148 valence electrons. The zero-order valence-corrected chi connectivity index (χ0v) is 16.4.